The lowest BCUT2D eigenvalue weighted by Gasteiger charge is -2.20. The van der Waals surface area contributed by atoms with Gasteiger partial charge in [-0.2, -0.15) is 0 Å². The van der Waals surface area contributed by atoms with E-state index in [0.717, 1.165) is 0 Å². The van der Waals surface area contributed by atoms with Crippen molar-refractivity contribution in [3.05, 3.63) is 52.9 Å². The van der Waals surface area contributed by atoms with E-state index >= 15 is 0 Å². The second kappa shape index (κ2) is 5.23. The summed E-state index contributed by atoms with van der Waals surface area (Å²) in [6.45, 7) is 0.379. The average Bonchev–Trinajstić information content (AvgIpc) is 2.35. The highest BCUT2D eigenvalue weighted by Gasteiger charge is 2.10. The number of nitrogen functional groups attached to an aromatic ring is 1. The number of benzene rings is 1. The Bertz CT molecular complexity index is 560. The number of rotatable bonds is 3. The lowest BCUT2D eigenvalue weighted by Crippen LogP contribution is -2.20. The first kappa shape index (κ1) is 12.6. The Hall–Kier alpha value is -1.81. The first-order chi connectivity index (χ1) is 8.58. The first-order valence-corrected chi connectivity index (χ1v) is 5.82. The summed E-state index contributed by atoms with van der Waals surface area (Å²) < 4.78 is 13.5. The molecule has 0 atom stereocenters. The number of hydrogen-bond donors (Lipinski definition) is 1. The molecule has 0 radical (unpaired) electrons. The van der Waals surface area contributed by atoms with Crippen molar-refractivity contribution in [3.63, 3.8) is 0 Å². The molecule has 2 N–H and O–H groups in total. The van der Waals surface area contributed by atoms with Gasteiger partial charge in [0.05, 0.1) is 5.69 Å². The molecular weight excluding hydrogens is 253 g/mol. The largest absolute Gasteiger partial charge is 0.396 e. The molecule has 0 saturated heterocycles. The van der Waals surface area contributed by atoms with Crippen molar-refractivity contribution in [2.45, 2.75) is 6.54 Å². The van der Waals surface area contributed by atoms with Crippen LogP contribution in [0, 0.1) is 5.82 Å². The molecule has 0 aliphatic carbocycles. The van der Waals surface area contributed by atoms with Gasteiger partial charge in [0.1, 0.15) is 11.0 Å². The minimum Gasteiger partial charge on any atom is -0.396 e. The summed E-state index contributed by atoms with van der Waals surface area (Å²) in [6, 6.07) is 9.91. The number of halogens is 2. The fraction of sp³-hybridized carbons (Fsp3) is 0.154. The Kier molecular flexibility index (Phi) is 3.67. The van der Waals surface area contributed by atoms with E-state index in [1.807, 2.05) is 0 Å². The molecule has 1 aromatic carbocycles. The third-order valence-electron chi connectivity index (χ3n) is 2.60. The van der Waals surface area contributed by atoms with E-state index < -0.39 is 0 Å². The van der Waals surface area contributed by atoms with Crippen molar-refractivity contribution in [3.8, 4) is 0 Å². The van der Waals surface area contributed by atoms with Crippen LogP contribution in [-0.4, -0.2) is 12.0 Å². The van der Waals surface area contributed by atoms with Crippen LogP contribution < -0.4 is 10.6 Å². The molecule has 0 bridgehead atoms. The monoisotopic (exact) mass is 265 g/mol. The summed E-state index contributed by atoms with van der Waals surface area (Å²) in [5, 5.41) is 0.361. The number of aromatic nitrogens is 1. The molecular formula is C13H13ClFN3. The number of anilines is 2. The molecule has 2 aromatic rings. The molecule has 94 valence electrons. The Morgan fingerprint density at radius 1 is 1.28 bits per heavy atom. The zero-order valence-electron chi connectivity index (χ0n) is 9.90. The van der Waals surface area contributed by atoms with Gasteiger partial charge < -0.3 is 10.6 Å². The Balaban J connectivity index is 2.25. The standard InChI is InChI=1S/C13H13ClFN3/c1-18(8-9-4-2-3-5-10(9)15)13-11(16)6-7-12(14)17-13/h2-7H,8,16H2,1H3. The minimum atomic E-state index is -0.245. The molecule has 0 spiro atoms. The molecule has 0 amide bonds. The molecule has 0 unspecified atom stereocenters. The lowest BCUT2D eigenvalue weighted by atomic mass is 10.2. The smallest absolute Gasteiger partial charge is 0.153 e. The fourth-order valence-corrected chi connectivity index (χ4v) is 1.84. The first-order valence-electron chi connectivity index (χ1n) is 5.44. The molecule has 5 heteroatoms. The van der Waals surface area contributed by atoms with Gasteiger partial charge >= 0.3 is 0 Å². The highest BCUT2D eigenvalue weighted by molar-refractivity contribution is 6.29. The maximum absolute atomic E-state index is 13.5. The van der Waals surface area contributed by atoms with Gasteiger partial charge in [-0.25, -0.2) is 9.37 Å². The fourth-order valence-electron chi connectivity index (χ4n) is 1.70. The summed E-state index contributed by atoms with van der Waals surface area (Å²) in [4.78, 5) is 5.91. The van der Waals surface area contributed by atoms with E-state index in [1.54, 1.807) is 42.3 Å². The van der Waals surface area contributed by atoms with Crippen LogP contribution in [0.5, 0.6) is 0 Å². The summed E-state index contributed by atoms with van der Waals surface area (Å²) in [5.41, 5.74) is 6.92. The molecule has 1 aromatic heterocycles. The van der Waals surface area contributed by atoms with Crippen molar-refractivity contribution in [2.75, 3.05) is 17.7 Å². The van der Waals surface area contributed by atoms with Crippen molar-refractivity contribution < 1.29 is 4.39 Å². The van der Waals surface area contributed by atoms with Gasteiger partial charge in [0.15, 0.2) is 5.82 Å². The maximum atomic E-state index is 13.5. The van der Waals surface area contributed by atoms with Gasteiger partial charge in [-0.05, 0) is 18.2 Å². The number of nitrogens with zero attached hydrogens (tertiary/aromatic N) is 2. The van der Waals surface area contributed by atoms with Crippen LogP contribution in [0.25, 0.3) is 0 Å². The SMILES string of the molecule is CN(Cc1ccccc1F)c1nc(Cl)ccc1N. The van der Waals surface area contributed by atoms with Gasteiger partial charge in [-0.15, -0.1) is 0 Å². The van der Waals surface area contributed by atoms with E-state index in [1.165, 1.54) is 6.07 Å². The quantitative estimate of drug-likeness (QED) is 0.867. The summed E-state index contributed by atoms with van der Waals surface area (Å²) in [7, 11) is 1.79. The van der Waals surface area contributed by atoms with Crippen LogP contribution in [0.2, 0.25) is 5.15 Å². The summed E-state index contributed by atoms with van der Waals surface area (Å²) in [6.07, 6.45) is 0. The average molecular weight is 266 g/mol. The number of hydrogen-bond acceptors (Lipinski definition) is 3. The predicted octanol–water partition coefficient (Wildman–Crippen LogP) is 3.09. The van der Waals surface area contributed by atoms with Crippen LogP contribution in [0.15, 0.2) is 36.4 Å². The molecule has 2 rings (SSSR count). The summed E-state index contributed by atoms with van der Waals surface area (Å²) >= 11 is 5.83. The van der Waals surface area contributed by atoms with Crippen LogP contribution in [0.4, 0.5) is 15.9 Å². The molecule has 0 aliphatic rings. The second-order valence-electron chi connectivity index (χ2n) is 3.99. The van der Waals surface area contributed by atoms with Gasteiger partial charge in [-0.1, -0.05) is 29.8 Å². The van der Waals surface area contributed by atoms with Crippen LogP contribution in [0.1, 0.15) is 5.56 Å². The number of pyridine rings is 1. The normalized spacial score (nSPS) is 10.4. The van der Waals surface area contributed by atoms with Crippen LogP contribution in [0.3, 0.4) is 0 Å². The van der Waals surface area contributed by atoms with Crippen LogP contribution in [-0.2, 0) is 6.54 Å². The third-order valence-corrected chi connectivity index (χ3v) is 2.81. The van der Waals surface area contributed by atoms with E-state index in [0.29, 0.717) is 28.8 Å². The van der Waals surface area contributed by atoms with Gasteiger partial charge in [0.25, 0.3) is 0 Å². The molecule has 0 fully saturated rings. The van der Waals surface area contributed by atoms with Gasteiger partial charge in [0, 0.05) is 19.2 Å². The van der Waals surface area contributed by atoms with E-state index in [4.69, 9.17) is 17.3 Å². The van der Waals surface area contributed by atoms with Crippen molar-refractivity contribution in [1.82, 2.24) is 4.98 Å². The maximum Gasteiger partial charge on any atom is 0.153 e. The van der Waals surface area contributed by atoms with Crippen LogP contribution >= 0.6 is 11.6 Å². The zero-order chi connectivity index (χ0) is 13.1. The zero-order valence-corrected chi connectivity index (χ0v) is 10.7. The molecule has 3 nitrogen and oxygen atoms in total. The van der Waals surface area contributed by atoms with Gasteiger partial charge in [0.2, 0.25) is 0 Å². The van der Waals surface area contributed by atoms with Crippen molar-refractivity contribution >= 4 is 23.1 Å². The van der Waals surface area contributed by atoms with Gasteiger partial charge in [-0.3, -0.25) is 0 Å². The third kappa shape index (κ3) is 2.71. The highest BCUT2D eigenvalue weighted by atomic mass is 35.5. The summed E-state index contributed by atoms with van der Waals surface area (Å²) in [5.74, 6) is 0.302. The predicted molar refractivity (Wildman–Crippen MR) is 72.2 cm³/mol. The Morgan fingerprint density at radius 3 is 2.72 bits per heavy atom. The Morgan fingerprint density at radius 2 is 2.00 bits per heavy atom. The van der Waals surface area contributed by atoms with Crippen molar-refractivity contribution in [1.29, 1.82) is 0 Å². The molecule has 0 aliphatic heterocycles. The second-order valence-corrected chi connectivity index (χ2v) is 4.38. The molecule has 0 saturated carbocycles. The molecule has 18 heavy (non-hydrogen) atoms. The van der Waals surface area contributed by atoms with E-state index in [-0.39, 0.29) is 5.82 Å². The van der Waals surface area contributed by atoms with E-state index in [9.17, 15) is 4.39 Å². The number of nitrogens with two attached hydrogens (primary N) is 1. The minimum absolute atomic E-state index is 0.245. The lowest BCUT2D eigenvalue weighted by molar-refractivity contribution is 0.607. The topological polar surface area (TPSA) is 42.2 Å². The van der Waals surface area contributed by atoms with Crippen molar-refractivity contribution in [2.24, 2.45) is 0 Å². The molecule has 1 heterocycles. The highest BCUT2D eigenvalue weighted by Crippen LogP contribution is 2.23. The Labute approximate surface area is 110 Å². The van der Waals surface area contributed by atoms with E-state index in [2.05, 4.69) is 4.98 Å².